The van der Waals surface area contributed by atoms with E-state index in [1.54, 1.807) is 0 Å². The molecule has 3 rings (SSSR count). The minimum Gasteiger partial charge on any atom is -0.490 e. The lowest BCUT2D eigenvalue weighted by molar-refractivity contribution is -0.124. The molecule has 1 amide bonds. The molecule has 0 saturated carbocycles. The van der Waals surface area contributed by atoms with E-state index < -0.39 is 18.6 Å². The van der Waals surface area contributed by atoms with Gasteiger partial charge in [-0.05, 0) is 68.0 Å². The van der Waals surface area contributed by atoms with Gasteiger partial charge in [0.25, 0.3) is 5.89 Å². The van der Waals surface area contributed by atoms with Crippen LogP contribution in [0.5, 0.6) is 5.75 Å². The molecule has 0 fully saturated rings. The fourth-order valence-corrected chi connectivity index (χ4v) is 3.81. The van der Waals surface area contributed by atoms with E-state index in [0.29, 0.717) is 29.8 Å². The zero-order chi connectivity index (χ0) is 25.5. The number of pyridine rings is 1. The van der Waals surface area contributed by atoms with Crippen molar-refractivity contribution in [3.63, 3.8) is 0 Å². The van der Waals surface area contributed by atoms with Crippen LogP contribution < -0.4 is 10.1 Å². The Morgan fingerprint density at radius 1 is 1.14 bits per heavy atom. The molecule has 188 valence electrons. The van der Waals surface area contributed by atoms with Gasteiger partial charge in [0.2, 0.25) is 11.7 Å². The summed E-state index contributed by atoms with van der Waals surface area (Å²) in [6, 6.07) is 7.82. The molecule has 0 bridgehead atoms. The van der Waals surface area contributed by atoms with E-state index >= 15 is 0 Å². The molecule has 2 aromatic heterocycles. The summed E-state index contributed by atoms with van der Waals surface area (Å²) >= 11 is 0. The molecule has 9 heteroatoms. The number of ether oxygens (including phenoxy) is 1. The van der Waals surface area contributed by atoms with Crippen molar-refractivity contribution in [3.05, 3.63) is 46.8 Å². The summed E-state index contributed by atoms with van der Waals surface area (Å²) in [5.41, 5.74) is 5.38. The number of amides is 1. The Morgan fingerprint density at radius 3 is 2.60 bits per heavy atom. The molecule has 0 aliphatic carbocycles. The number of carbonyl (C=O) groups is 1. The molecular formula is C26H34N4O5. The first kappa shape index (κ1) is 26.3. The van der Waals surface area contributed by atoms with Gasteiger partial charge in [-0.2, -0.15) is 4.98 Å². The second kappa shape index (κ2) is 11.9. The van der Waals surface area contributed by atoms with Crippen molar-refractivity contribution >= 4 is 5.91 Å². The van der Waals surface area contributed by atoms with E-state index in [1.807, 2.05) is 45.0 Å². The zero-order valence-corrected chi connectivity index (χ0v) is 21.0. The number of aliphatic hydroxyl groups is 2. The predicted octanol–water partition coefficient (Wildman–Crippen LogP) is 3.02. The van der Waals surface area contributed by atoms with E-state index in [1.165, 1.54) is 0 Å². The second-order valence-corrected chi connectivity index (χ2v) is 9.07. The maximum atomic E-state index is 11.1. The Kier molecular flexibility index (Phi) is 8.95. The minimum absolute atomic E-state index is 0.00299. The monoisotopic (exact) mass is 482 g/mol. The summed E-state index contributed by atoms with van der Waals surface area (Å²) in [4.78, 5) is 20.4. The van der Waals surface area contributed by atoms with Gasteiger partial charge in [0.15, 0.2) is 0 Å². The van der Waals surface area contributed by atoms with Crippen LogP contribution in [0, 0.1) is 19.8 Å². The number of aromatic nitrogens is 3. The number of hydrogen-bond donors (Lipinski definition) is 3. The topological polar surface area (TPSA) is 131 Å². The van der Waals surface area contributed by atoms with E-state index in [-0.39, 0.29) is 13.2 Å². The van der Waals surface area contributed by atoms with E-state index in [9.17, 15) is 9.90 Å². The number of nitrogens with one attached hydrogen (secondary N) is 1. The zero-order valence-electron chi connectivity index (χ0n) is 21.0. The summed E-state index contributed by atoms with van der Waals surface area (Å²) in [5, 5.41) is 25.5. The Hall–Kier alpha value is -3.30. The molecule has 0 saturated heterocycles. The molecular weight excluding hydrogens is 448 g/mol. The highest BCUT2D eigenvalue weighted by Gasteiger charge is 2.17. The number of aryl methyl sites for hydroxylation is 3. The van der Waals surface area contributed by atoms with Crippen LogP contribution in [0.3, 0.4) is 0 Å². The van der Waals surface area contributed by atoms with E-state index in [0.717, 1.165) is 40.1 Å². The number of hydrogen-bond acceptors (Lipinski definition) is 8. The molecule has 0 unspecified atom stereocenters. The van der Waals surface area contributed by atoms with Crippen molar-refractivity contribution in [2.45, 2.75) is 53.6 Å². The fraction of sp³-hybridized carbons (Fsp3) is 0.462. The normalized spacial score (nSPS) is 12.1. The van der Waals surface area contributed by atoms with Gasteiger partial charge in [-0.15, -0.1) is 0 Å². The van der Waals surface area contributed by atoms with Crippen LogP contribution in [-0.2, 0) is 17.6 Å². The lowest BCUT2D eigenvalue weighted by Crippen LogP contribution is -2.36. The van der Waals surface area contributed by atoms with Crippen molar-refractivity contribution < 1.29 is 24.3 Å². The van der Waals surface area contributed by atoms with Crippen molar-refractivity contribution in [1.82, 2.24) is 20.4 Å². The number of nitrogens with zero attached hydrogens (tertiary/aromatic N) is 3. The first-order chi connectivity index (χ1) is 16.7. The van der Waals surface area contributed by atoms with Gasteiger partial charge >= 0.3 is 0 Å². The maximum Gasteiger partial charge on any atom is 0.258 e. The van der Waals surface area contributed by atoms with Crippen molar-refractivity contribution in [3.8, 4) is 28.6 Å². The maximum absolute atomic E-state index is 11.1. The molecule has 1 aromatic carbocycles. The Balaban J connectivity index is 1.79. The van der Waals surface area contributed by atoms with Gasteiger partial charge in [0.05, 0.1) is 0 Å². The van der Waals surface area contributed by atoms with Crippen LogP contribution in [0.4, 0.5) is 0 Å². The first-order valence-electron chi connectivity index (χ1n) is 11.8. The molecule has 9 nitrogen and oxygen atoms in total. The second-order valence-electron chi connectivity index (χ2n) is 9.07. The highest BCUT2D eigenvalue weighted by atomic mass is 16.5. The lowest BCUT2D eigenvalue weighted by Gasteiger charge is -2.17. The van der Waals surface area contributed by atoms with E-state index in [4.69, 9.17) is 14.4 Å². The lowest BCUT2D eigenvalue weighted by atomic mass is 10.0. The summed E-state index contributed by atoms with van der Waals surface area (Å²) in [6.45, 7) is 9.59. The van der Waals surface area contributed by atoms with Gasteiger partial charge in [-0.1, -0.05) is 25.9 Å². The Morgan fingerprint density at radius 2 is 1.91 bits per heavy atom. The van der Waals surface area contributed by atoms with Crippen molar-refractivity contribution in [2.75, 3.05) is 19.8 Å². The SMILES string of the molecule is CCc1cc(-c2noc(-c3cc(C)nc(CC(C)C)c3)n2)cc(C)c1OC[C@H](O)CNC(=O)CO. The Labute approximate surface area is 205 Å². The first-order valence-corrected chi connectivity index (χ1v) is 11.8. The van der Waals surface area contributed by atoms with E-state index in [2.05, 4.69) is 34.3 Å². The fourth-order valence-electron chi connectivity index (χ4n) is 3.81. The third-order valence-corrected chi connectivity index (χ3v) is 5.39. The molecule has 35 heavy (non-hydrogen) atoms. The number of carbonyl (C=O) groups excluding carboxylic acids is 1. The number of benzene rings is 1. The third kappa shape index (κ3) is 7.10. The van der Waals surface area contributed by atoms with Crippen LogP contribution >= 0.6 is 0 Å². The molecule has 1 atom stereocenters. The van der Waals surface area contributed by atoms with Crippen molar-refractivity contribution in [1.29, 1.82) is 0 Å². The van der Waals surface area contributed by atoms with Gasteiger partial charge in [-0.25, -0.2) is 0 Å². The standard InChI is InChI=1S/C26H34N4O5/c1-6-18-10-19(8-16(4)24(18)34-14-22(32)12-27-23(33)13-31)25-29-26(35-30-25)20-9-17(5)28-21(11-20)7-15(2)3/h8-11,15,22,31-32H,6-7,12-14H2,1-5H3,(H,27,33)/t22-/m1/s1. The molecule has 2 heterocycles. The average molecular weight is 483 g/mol. The smallest absolute Gasteiger partial charge is 0.258 e. The average Bonchev–Trinajstić information content (AvgIpc) is 3.31. The summed E-state index contributed by atoms with van der Waals surface area (Å²) in [5.74, 6) is 1.55. The summed E-state index contributed by atoms with van der Waals surface area (Å²) in [7, 11) is 0. The van der Waals surface area contributed by atoms with Crippen LogP contribution in [0.2, 0.25) is 0 Å². The minimum atomic E-state index is -0.904. The number of aliphatic hydroxyl groups excluding tert-OH is 2. The van der Waals surface area contributed by atoms with Crippen LogP contribution in [0.15, 0.2) is 28.8 Å². The van der Waals surface area contributed by atoms with Crippen molar-refractivity contribution in [2.24, 2.45) is 5.92 Å². The summed E-state index contributed by atoms with van der Waals surface area (Å²) < 4.78 is 11.5. The van der Waals surface area contributed by atoms with Gasteiger partial charge in [-0.3, -0.25) is 9.78 Å². The molecule has 0 radical (unpaired) electrons. The third-order valence-electron chi connectivity index (χ3n) is 5.39. The molecule has 0 aliphatic heterocycles. The molecule has 3 N–H and O–H groups in total. The van der Waals surface area contributed by atoms with Crippen LogP contribution in [0.1, 0.15) is 43.3 Å². The van der Waals surface area contributed by atoms with Gasteiger partial charge in [0, 0.05) is 29.1 Å². The highest BCUT2D eigenvalue weighted by Crippen LogP contribution is 2.31. The van der Waals surface area contributed by atoms with Gasteiger partial charge < -0.3 is 24.8 Å². The van der Waals surface area contributed by atoms with Gasteiger partial charge in [0.1, 0.15) is 25.1 Å². The summed E-state index contributed by atoms with van der Waals surface area (Å²) in [6.07, 6.45) is 0.672. The van der Waals surface area contributed by atoms with Crippen LogP contribution in [-0.4, -0.2) is 57.1 Å². The Bertz CT molecular complexity index is 1160. The molecule has 0 aliphatic rings. The quantitative estimate of drug-likeness (QED) is 0.380. The largest absolute Gasteiger partial charge is 0.490 e. The predicted molar refractivity (Wildman–Crippen MR) is 132 cm³/mol. The molecule has 0 spiro atoms. The highest BCUT2D eigenvalue weighted by molar-refractivity contribution is 5.76. The molecule has 3 aromatic rings. The van der Waals surface area contributed by atoms with Crippen LogP contribution in [0.25, 0.3) is 22.8 Å². The number of rotatable bonds is 11.